The predicted molar refractivity (Wildman–Crippen MR) is 107 cm³/mol. The molecule has 2 N–H and O–H groups in total. The normalized spacial score (nSPS) is 15.7. The van der Waals surface area contributed by atoms with E-state index >= 15 is 0 Å². The molecule has 0 unspecified atom stereocenters. The zero-order valence-electron chi connectivity index (χ0n) is 17.0. The summed E-state index contributed by atoms with van der Waals surface area (Å²) < 4.78 is 4.04. The highest BCUT2D eigenvalue weighted by Crippen LogP contribution is 2.24. The van der Waals surface area contributed by atoms with Crippen molar-refractivity contribution in [3.63, 3.8) is 0 Å². The number of hydrogen-bond acceptors (Lipinski definition) is 6. The van der Waals surface area contributed by atoms with Crippen LogP contribution in [-0.2, 0) is 27.1 Å². The Morgan fingerprint density at radius 1 is 1.34 bits per heavy atom. The number of nitrogens with one attached hydrogen (secondary N) is 2. The van der Waals surface area contributed by atoms with E-state index in [9.17, 15) is 19.6 Å². The fourth-order valence-corrected chi connectivity index (χ4v) is 3.60. The molecule has 3 rings (SSSR count). The fourth-order valence-electron chi connectivity index (χ4n) is 3.60. The van der Waals surface area contributed by atoms with Crippen molar-refractivity contribution in [2.24, 2.45) is 20.0 Å². The number of hydrogen-bond donors (Lipinski definition) is 2. The maximum atomic E-state index is 12.4. The average Bonchev–Trinajstić information content (AvgIpc) is 3.11. The van der Waals surface area contributed by atoms with Crippen LogP contribution in [0.15, 0.2) is 15.8 Å². The van der Waals surface area contributed by atoms with Crippen molar-refractivity contribution in [2.75, 3.05) is 11.9 Å². The SMILES string of the molecule is CC(C)NC(=O)c1cnn2c1C[C@@H](CNc1c(C#N)c(=O)n(C)c(=O)n1C)CC2. The topological polar surface area (TPSA) is 127 Å². The Kier molecular flexibility index (Phi) is 5.59. The summed E-state index contributed by atoms with van der Waals surface area (Å²) in [5, 5.41) is 19.7. The molecule has 0 radical (unpaired) electrons. The lowest BCUT2D eigenvalue weighted by molar-refractivity contribution is 0.0941. The summed E-state index contributed by atoms with van der Waals surface area (Å²) in [5.74, 6) is 0.239. The minimum Gasteiger partial charge on any atom is -0.370 e. The van der Waals surface area contributed by atoms with Crippen LogP contribution in [0.1, 0.15) is 41.9 Å². The number of nitrogens with zero attached hydrogens (tertiary/aromatic N) is 5. The Morgan fingerprint density at radius 2 is 2.07 bits per heavy atom. The van der Waals surface area contributed by atoms with Gasteiger partial charge in [0.05, 0.1) is 17.5 Å². The summed E-state index contributed by atoms with van der Waals surface area (Å²) in [6, 6.07) is 1.92. The first kappa shape index (κ1) is 20.4. The highest BCUT2D eigenvalue weighted by atomic mass is 16.2. The van der Waals surface area contributed by atoms with Gasteiger partial charge in [-0.1, -0.05) is 0 Å². The van der Waals surface area contributed by atoms with Gasteiger partial charge in [-0.25, -0.2) is 4.79 Å². The van der Waals surface area contributed by atoms with Gasteiger partial charge < -0.3 is 10.6 Å². The zero-order chi connectivity index (χ0) is 21.3. The van der Waals surface area contributed by atoms with E-state index < -0.39 is 11.2 Å². The van der Waals surface area contributed by atoms with E-state index in [1.54, 1.807) is 6.20 Å². The predicted octanol–water partition coefficient (Wildman–Crippen LogP) is -0.0351. The maximum absolute atomic E-state index is 12.4. The monoisotopic (exact) mass is 399 g/mol. The lowest BCUT2D eigenvalue weighted by atomic mass is 9.94. The molecule has 10 nitrogen and oxygen atoms in total. The van der Waals surface area contributed by atoms with E-state index in [1.165, 1.54) is 18.7 Å². The Balaban J connectivity index is 1.80. The van der Waals surface area contributed by atoms with Crippen LogP contribution in [0, 0.1) is 17.2 Å². The van der Waals surface area contributed by atoms with Gasteiger partial charge in [-0.3, -0.25) is 23.4 Å². The molecule has 1 atom stereocenters. The van der Waals surface area contributed by atoms with Gasteiger partial charge >= 0.3 is 5.69 Å². The first-order valence-electron chi connectivity index (χ1n) is 9.54. The molecule has 0 saturated carbocycles. The molecule has 154 valence electrons. The van der Waals surface area contributed by atoms with Gasteiger partial charge in [0.15, 0.2) is 5.56 Å². The minimum atomic E-state index is -0.618. The number of carbonyl (C=O) groups excluding carboxylic acids is 1. The van der Waals surface area contributed by atoms with Crippen LogP contribution in [0.5, 0.6) is 0 Å². The van der Waals surface area contributed by atoms with Crippen LogP contribution in [0.4, 0.5) is 5.82 Å². The summed E-state index contributed by atoms with van der Waals surface area (Å²) in [6.07, 6.45) is 3.06. The standard InChI is InChI=1S/C19H25N7O3/c1-11(2)23-17(27)14-10-22-26-6-5-12(7-15(14)26)9-21-16-13(8-20)18(28)25(4)19(29)24(16)3/h10-12,21H,5-7,9H2,1-4H3,(H,23,27)/t12-/m0/s1. The van der Waals surface area contributed by atoms with E-state index in [-0.39, 0.29) is 29.2 Å². The average molecular weight is 399 g/mol. The molecule has 2 aromatic heterocycles. The van der Waals surface area contributed by atoms with E-state index in [0.29, 0.717) is 25.1 Å². The molecule has 1 aliphatic heterocycles. The van der Waals surface area contributed by atoms with E-state index in [4.69, 9.17) is 0 Å². The Bertz CT molecular complexity index is 1100. The van der Waals surface area contributed by atoms with Crippen molar-refractivity contribution in [1.29, 1.82) is 5.26 Å². The third kappa shape index (κ3) is 3.81. The van der Waals surface area contributed by atoms with Crippen LogP contribution in [-0.4, -0.2) is 37.4 Å². The number of amides is 1. The third-order valence-electron chi connectivity index (χ3n) is 5.18. The van der Waals surface area contributed by atoms with Crippen molar-refractivity contribution in [3.05, 3.63) is 43.9 Å². The molecule has 0 aliphatic carbocycles. The zero-order valence-corrected chi connectivity index (χ0v) is 17.0. The third-order valence-corrected chi connectivity index (χ3v) is 5.18. The second-order valence-electron chi connectivity index (χ2n) is 7.64. The number of nitriles is 1. The van der Waals surface area contributed by atoms with Crippen molar-refractivity contribution in [2.45, 2.75) is 39.3 Å². The Hall–Kier alpha value is -3.35. The summed E-state index contributed by atoms with van der Waals surface area (Å²) in [7, 11) is 2.87. The quantitative estimate of drug-likeness (QED) is 0.727. The van der Waals surface area contributed by atoms with E-state index in [1.807, 2.05) is 24.6 Å². The molecule has 2 aromatic rings. The number of fused-ring (bicyclic) bond motifs is 1. The molecule has 0 bridgehead atoms. The molecule has 3 heterocycles. The van der Waals surface area contributed by atoms with Crippen molar-refractivity contribution in [3.8, 4) is 6.07 Å². The summed E-state index contributed by atoms with van der Waals surface area (Å²) in [5.41, 5.74) is 0.243. The van der Waals surface area contributed by atoms with Gasteiger partial charge in [-0.2, -0.15) is 10.4 Å². The van der Waals surface area contributed by atoms with Crippen molar-refractivity contribution >= 4 is 11.7 Å². The Labute approximate surface area is 167 Å². The van der Waals surface area contributed by atoms with Crippen LogP contribution in [0.2, 0.25) is 0 Å². The highest BCUT2D eigenvalue weighted by molar-refractivity contribution is 5.95. The smallest absolute Gasteiger partial charge is 0.332 e. The van der Waals surface area contributed by atoms with E-state index in [0.717, 1.165) is 16.7 Å². The summed E-state index contributed by atoms with van der Waals surface area (Å²) in [4.78, 5) is 36.8. The van der Waals surface area contributed by atoms with Gasteiger partial charge in [0.2, 0.25) is 0 Å². The van der Waals surface area contributed by atoms with Crippen LogP contribution in [0.25, 0.3) is 0 Å². The summed E-state index contributed by atoms with van der Waals surface area (Å²) in [6.45, 7) is 4.95. The molecular weight excluding hydrogens is 374 g/mol. The van der Waals surface area contributed by atoms with Crippen molar-refractivity contribution < 1.29 is 4.79 Å². The molecule has 0 fully saturated rings. The molecule has 1 aliphatic rings. The lowest BCUT2D eigenvalue weighted by Crippen LogP contribution is -2.40. The molecule has 0 aromatic carbocycles. The van der Waals surface area contributed by atoms with Crippen LogP contribution < -0.4 is 21.9 Å². The molecule has 0 spiro atoms. The maximum Gasteiger partial charge on any atom is 0.332 e. The second-order valence-corrected chi connectivity index (χ2v) is 7.64. The number of anilines is 1. The lowest BCUT2D eigenvalue weighted by Gasteiger charge is -2.25. The fraction of sp³-hybridized carbons (Fsp3) is 0.526. The second kappa shape index (κ2) is 7.95. The Morgan fingerprint density at radius 3 is 2.72 bits per heavy atom. The van der Waals surface area contributed by atoms with Crippen LogP contribution in [0.3, 0.4) is 0 Å². The molecule has 10 heteroatoms. The van der Waals surface area contributed by atoms with Gasteiger partial charge in [-0.15, -0.1) is 0 Å². The number of aryl methyl sites for hydroxylation is 1. The van der Waals surface area contributed by atoms with Crippen LogP contribution >= 0.6 is 0 Å². The molecular formula is C19H25N7O3. The van der Waals surface area contributed by atoms with E-state index in [2.05, 4.69) is 15.7 Å². The molecule has 0 saturated heterocycles. The number of rotatable bonds is 5. The first-order valence-corrected chi connectivity index (χ1v) is 9.54. The minimum absolute atomic E-state index is 0.0329. The number of aromatic nitrogens is 4. The van der Waals surface area contributed by atoms with Crippen molar-refractivity contribution in [1.82, 2.24) is 24.2 Å². The summed E-state index contributed by atoms with van der Waals surface area (Å²) >= 11 is 0. The van der Waals surface area contributed by atoms with Gasteiger partial charge in [0.25, 0.3) is 11.5 Å². The number of carbonyl (C=O) groups is 1. The van der Waals surface area contributed by atoms with Gasteiger partial charge in [0, 0.05) is 33.2 Å². The highest BCUT2D eigenvalue weighted by Gasteiger charge is 2.26. The van der Waals surface area contributed by atoms with Gasteiger partial charge in [0.1, 0.15) is 11.9 Å². The first-order chi connectivity index (χ1) is 13.7. The molecule has 29 heavy (non-hydrogen) atoms. The molecule has 1 amide bonds. The van der Waals surface area contributed by atoms with Gasteiger partial charge in [-0.05, 0) is 32.6 Å². The largest absolute Gasteiger partial charge is 0.370 e.